The van der Waals surface area contributed by atoms with Crippen LogP contribution < -0.4 is 0 Å². The van der Waals surface area contributed by atoms with Crippen LogP contribution in [0.3, 0.4) is 0 Å². The maximum atomic E-state index is 11.7. The first kappa shape index (κ1) is 9.20. The van der Waals surface area contributed by atoms with E-state index in [0.29, 0.717) is 6.42 Å². The lowest BCUT2D eigenvalue weighted by molar-refractivity contribution is -0.122. The Morgan fingerprint density at radius 1 is 1.80 bits per heavy atom. The van der Waals surface area contributed by atoms with Gasteiger partial charge in [0.05, 0.1) is 6.67 Å². The molecule has 0 aliphatic rings. The molecular weight excluding hydrogens is 135 g/mol. The molecule has 10 heavy (non-hydrogen) atoms. The fourth-order valence-electron chi connectivity index (χ4n) is 0.725. The number of carbonyl (C=O) groups is 1. The third kappa shape index (κ3) is 2.66. The Kier molecular flexibility index (Phi) is 4.62. The first-order valence-corrected chi connectivity index (χ1v) is 3.23. The molecule has 0 aromatic heterocycles. The van der Waals surface area contributed by atoms with E-state index in [9.17, 15) is 9.18 Å². The van der Waals surface area contributed by atoms with Crippen LogP contribution in [0.1, 0.15) is 19.8 Å². The second-order valence-corrected chi connectivity index (χ2v) is 2.03. The Morgan fingerprint density at radius 3 is 2.70 bits per heavy atom. The molecule has 0 bridgehead atoms. The quantitative estimate of drug-likeness (QED) is 0.605. The van der Waals surface area contributed by atoms with Gasteiger partial charge in [-0.15, -0.1) is 5.11 Å². The fraction of sp³-hybridized carbons (Fsp3) is 0.833. The highest BCUT2D eigenvalue weighted by molar-refractivity contribution is 5.78. The zero-order valence-corrected chi connectivity index (χ0v) is 5.93. The van der Waals surface area contributed by atoms with Gasteiger partial charge in [0.2, 0.25) is 0 Å². The summed E-state index contributed by atoms with van der Waals surface area (Å²) < 4.78 is 11.7. The number of hydrogen-bond donors (Lipinski definition) is 1. The number of nitrogens with one attached hydrogen (secondary N) is 1. The van der Waals surface area contributed by atoms with Crippen molar-refractivity contribution in [3.63, 3.8) is 0 Å². The summed E-state index contributed by atoms with van der Waals surface area (Å²) in [5.41, 5.74) is 6.37. The van der Waals surface area contributed by atoms with Gasteiger partial charge in [-0.25, -0.2) is 5.53 Å². The molecule has 0 saturated heterocycles. The van der Waals surface area contributed by atoms with E-state index in [2.05, 4.69) is 5.11 Å². The molecular formula is C6H11FN2O. The lowest BCUT2D eigenvalue weighted by Gasteiger charge is -2.04. The number of rotatable bonds is 4. The summed E-state index contributed by atoms with van der Waals surface area (Å²) in [5, 5.41) is 2.72. The maximum Gasteiger partial charge on any atom is 0.267 e. The summed E-state index contributed by atoms with van der Waals surface area (Å²) in [4.78, 5) is 10.6. The van der Waals surface area contributed by atoms with E-state index in [1.807, 2.05) is 0 Å². The average molecular weight is 146 g/mol. The van der Waals surface area contributed by atoms with E-state index in [-0.39, 0.29) is 12.3 Å². The molecule has 0 aromatic rings. The summed E-state index contributed by atoms with van der Waals surface area (Å²) in [6.07, 6.45) is 0.753. The van der Waals surface area contributed by atoms with Crippen molar-refractivity contribution >= 4 is 5.91 Å². The summed E-state index contributed by atoms with van der Waals surface area (Å²) in [6.45, 7) is 1.27. The number of carbonyl (C=O) groups excluding carboxylic acids is 1. The zero-order valence-electron chi connectivity index (χ0n) is 5.93. The fourth-order valence-corrected chi connectivity index (χ4v) is 0.725. The van der Waals surface area contributed by atoms with E-state index in [0.717, 1.165) is 0 Å². The van der Waals surface area contributed by atoms with Gasteiger partial charge in [0.1, 0.15) is 0 Å². The van der Waals surface area contributed by atoms with E-state index in [1.165, 1.54) is 0 Å². The average Bonchev–Trinajstić information content (AvgIpc) is 1.99. The first-order valence-electron chi connectivity index (χ1n) is 3.23. The highest BCUT2D eigenvalue weighted by Gasteiger charge is 2.14. The van der Waals surface area contributed by atoms with Gasteiger partial charge in [0.15, 0.2) is 0 Å². The number of amides is 1. The highest BCUT2D eigenvalue weighted by atomic mass is 19.1. The maximum absolute atomic E-state index is 11.7. The van der Waals surface area contributed by atoms with Crippen LogP contribution in [0.5, 0.6) is 0 Å². The minimum Gasteiger partial charge on any atom is -0.271 e. The first-order chi connectivity index (χ1) is 4.76. The van der Waals surface area contributed by atoms with Crippen LogP contribution in [-0.4, -0.2) is 12.6 Å². The van der Waals surface area contributed by atoms with Crippen LogP contribution in [0.2, 0.25) is 0 Å². The SMILES string of the molecule is CCC(CCF)C(=O)N=N. The van der Waals surface area contributed by atoms with Crippen molar-refractivity contribution in [3.8, 4) is 0 Å². The normalized spacial score (nSPS) is 12.6. The monoisotopic (exact) mass is 146 g/mol. The highest BCUT2D eigenvalue weighted by Crippen LogP contribution is 2.09. The van der Waals surface area contributed by atoms with Gasteiger partial charge in [0.25, 0.3) is 5.91 Å². The van der Waals surface area contributed by atoms with E-state index in [1.54, 1.807) is 6.92 Å². The molecule has 1 N–H and O–H groups in total. The van der Waals surface area contributed by atoms with Gasteiger partial charge in [-0.3, -0.25) is 9.18 Å². The smallest absolute Gasteiger partial charge is 0.267 e. The van der Waals surface area contributed by atoms with Crippen molar-refractivity contribution in [1.82, 2.24) is 0 Å². The molecule has 0 aliphatic heterocycles. The van der Waals surface area contributed by atoms with E-state index < -0.39 is 12.6 Å². The van der Waals surface area contributed by atoms with Crippen molar-refractivity contribution in [1.29, 1.82) is 5.53 Å². The van der Waals surface area contributed by atoms with Crippen LogP contribution in [0.15, 0.2) is 5.11 Å². The van der Waals surface area contributed by atoms with E-state index >= 15 is 0 Å². The van der Waals surface area contributed by atoms with Gasteiger partial charge in [0, 0.05) is 5.92 Å². The topological polar surface area (TPSA) is 53.3 Å². The summed E-state index contributed by atoms with van der Waals surface area (Å²) in [7, 11) is 0. The van der Waals surface area contributed by atoms with Crippen LogP contribution in [0.25, 0.3) is 0 Å². The van der Waals surface area contributed by atoms with Crippen molar-refractivity contribution < 1.29 is 9.18 Å². The number of halogens is 1. The number of alkyl halides is 1. The molecule has 1 amide bonds. The van der Waals surface area contributed by atoms with Crippen LogP contribution in [-0.2, 0) is 4.79 Å². The van der Waals surface area contributed by atoms with Gasteiger partial charge >= 0.3 is 0 Å². The summed E-state index contributed by atoms with van der Waals surface area (Å²) in [6, 6.07) is 0. The molecule has 0 heterocycles. The largest absolute Gasteiger partial charge is 0.271 e. The molecule has 0 fully saturated rings. The summed E-state index contributed by atoms with van der Waals surface area (Å²) >= 11 is 0. The molecule has 0 aromatic carbocycles. The summed E-state index contributed by atoms with van der Waals surface area (Å²) in [5.74, 6) is -0.900. The third-order valence-corrected chi connectivity index (χ3v) is 1.41. The molecule has 0 radical (unpaired) electrons. The molecule has 0 rings (SSSR count). The van der Waals surface area contributed by atoms with Gasteiger partial charge < -0.3 is 0 Å². The second kappa shape index (κ2) is 5.02. The van der Waals surface area contributed by atoms with Crippen molar-refractivity contribution in [2.24, 2.45) is 11.0 Å². The lowest BCUT2D eigenvalue weighted by atomic mass is 10.0. The Morgan fingerprint density at radius 2 is 2.40 bits per heavy atom. The molecule has 1 atom stereocenters. The van der Waals surface area contributed by atoms with Crippen molar-refractivity contribution in [2.75, 3.05) is 6.67 Å². The van der Waals surface area contributed by atoms with Crippen LogP contribution in [0.4, 0.5) is 4.39 Å². The third-order valence-electron chi connectivity index (χ3n) is 1.41. The molecule has 1 unspecified atom stereocenters. The van der Waals surface area contributed by atoms with Crippen LogP contribution in [0, 0.1) is 11.4 Å². The van der Waals surface area contributed by atoms with Gasteiger partial charge in [-0.05, 0) is 12.8 Å². The molecule has 0 saturated carbocycles. The molecule has 3 nitrogen and oxygen atoms in total. The van der Waals surface area contributed by atoms with Crippen molar-refractivity contribution in [3.05, 3.63) is 0 Å². The minimum absolute atomic E-state index is 0.192. The Balaban J connectivity index is 3.79. The Labute approximate surface area is 59.1 Å². The van der Waals surface area contributed by atoms with Gasteiger partial charge in [-0.1, -0.05) is 6.92 Å². The molecule has 0 aliphatic carbocycles. The van der Waals surface area contributed by atoms with E-state index in [4.69, 9.17) is 5.53 Å². The predicted molar refractivity (Wildman–Crippen MR) is 34.5 cm³/mol. The number of nitrogens with zero attached hydrogens (tertiary/aromatic N) is 1. The molecule has 58 valence electrons. The molecule has 0 spiro atoms. The second-order valence-electron chi connectivity index (χ2n) is 2.03. The minimum atomic E-state index is -0.514. The predicted octanol–water partition coefficient (Wildman–Crippen LogP) is 1.93. The number of hydrogen-bond acceptors (Lipinski definition) is 2. The lowest BCUT2D eigenvalue weighted by Crippen LogP contribution is -2.10. The van der Waals surface area contributed by atoms with Crippen LogP contribution >= 0.6 is 0 Å². The standard InChI is InChI=1S/C6H11FN2O/c1-2-5(3-4-7)6(10)9-8/h5,8H,2-4H2,1H3. The zero-order chi connectivity index (χ0) is 7.98. The molecule has 4 heteroatoms. The van der Waals surface area contributed by atoms with Gasteiger partial charge in [-0.2, -0.15) is 0 Å². The van der Waals surface area contributed by atoms with Crippen molar-refractivity contribution in [2.45, 2.75) is 19.8 Å². The Hall–Kier alpha value is -0.800. The Bertz CT molecular complexity index is 127.